The lowest BCUT2D eigenvalue weighted by Crippen LogP contribution is -2.28. The van der Waals surface area contributed by atoms with E-state index in [1.54, 1.807) is 38.3 Å². The maximum atomic E-state index is 13.7. The van der Waals surface area contributed by atoms with Crippen LogP contribution in [0.25, 0.3) is 0 Å². The summed E-state index contributed by atoms with van der Waals surface area (Å²) in [5.41, 5.74) is 1.08. The first kappa shape index (κ1) is 15.9. The Morgan fingerprint density at radius 1 is 1.18 bits per heavy atom. The van der Waals surface area contributed by atoms with Crippen molar-refractivity contribution in [1.82, 2.24) is 5.32 Å². The van der Waals surface area contributed by atoms with Crippen LogP contribution in [-0.2, 0) is 11.2 Å². The third-order valence-electron chi connectivity index (χ3n) is 3.33. The van der Waals surface area contributed by atoms with E-state index in [4.69, 9.17) is 4.74 Å². The molecule has 0 bridgehead atoms. The molecule has 0 aromatic heterocycles. The zero-order valence-corrected chi connectivity index (χ0v) is 12.4. The lowest BCUT2D eigenvalue weighted by atomic mass is 10.1. The predicted molar refractivity (Wildman–Crippen MR) is 79.6 cm³/mol. The molecule has 1 N–H and O–H groups in total. The highest BCUT2D eigenvalue weighted by molar-refractivity contribution is 5.79. The molecular formula is C17H17F2NO2. The van der Waals surface area contributed by atoms with E-state index in [-0.39, 0.29) is 17.9 Å². The number of carbonyl (C=O) groups is 1. The summed E-state index contributed by atoms with van der Waals surface area (Å²) in [6.07, 6.45) is 0.178. The lowest BCUT2D eigenvalue weighted by molar-refractivity contribution is -0.121. The van der Waals surface area contributed by atoms with Gasteiger partial charge in [0.25, 0.3) is 0 Å². The van der Waals surface area contributed by atoms with Gasteiger partial charge in [-0.2, -0.15) is 0 Å². The van der Waals surface area contributed by atoms with E-state index < -0.39 is 17.7 Å². The molecule has 2 aromatic rings. The molecule has 116 valence electrons. The molecule has 3 nitrogen and oxygen atoms in total. The van der Waals surface area contributed by atoms with Crippen LogP contribution in [0.3, 0.4) is 0 Å². The fourth-order valence-corrected chi connectivity index (χ4v) is 2.15. The van der Waals surface area contributed by atoms with Crippen LogP contribution in [0, 0.1) is 11.6 Å². The SMILES string of the molecule is COc1ccc(CC(=O)N[C@H](C)c2ccc(F)cc2F)cc1. The monoisotopic (exact) mass is 305 g/mol. The zero-order chi connectivity index (χ0) is 16.1. The third-order valence-corrected chi connectivity index (χ3v) is 3.33. The molecule has 2 aromatic carbocycles. The summed E-state index contributed by atoms with van der Waals surface area (Å²) < 4.78 is 31.6. The molecule has 0 aliphatic heterocycles. The maximum Gasteiger partial charge on any atom is 0.224 e. The van der Waals surface area contributed by atoms with Crippen LogP contribution in [-0.4, -0.2) is 13.0 Å². The van der Waals surface area contributed by atoms with Gasteiger partial charge in [0.15, 0.2) is 0 Å². The van der Waals surface area contributed by atoms with Gasteiger partial charge in [-0.05, 0) is 30.7 Å². The predicted octanol–water partition coefficient (Wildman–Crippen LogP) is 3.39. The smallest absolute Gasteiger partial charge is 0.224 e. The summed E-state index contributed by atoms with van der Waals surface area (Å²) in [5.74, 6) is -0.831. The fourth-order valence-electron chi connectivity index (χ4n) is 2.15. The Morgan fingerprint density at radius 2 is 1.86 bits per heavy atom. The number of hydrogen-bond acceptors (Lipinski definition) is 2. The van der Waals surface area contributed by atoms with Crippen molar-refractivity contribution in [2.45, 2.75) is 19.4 Å². The molecule has 22 heavy (non-hydrogen) atoms. The summed E-state index contributed by atoms with van der Waals surface area (Å²) in [5, 5.41) is 2.70. The van der Waals surface area contributed by atoms with E-state index in [1.807, 2.05) is 0 Å². The largest absolute Gasteiger partial charge is 0.497 e. The van der Waals surface area contributed by atoms with Crippen LogP contribution in [0.5, 0.6) is 5.75 Å². The molecule has 1 amide bonds. The van der Waals surface area contributed by atoms with Crippen LogP contribution < -0.4 is 10.1 Å². The molecular weight excluding hydrogens is 288 g/mol. The molecule has 0 fully saturated rings. The lowest BCUT2D eigenvalue weighted by Gasteiger charge is -2.15. The second kappa shape index (κ2) is 7.02. The van der Waals surface area contributed by atoms with Gasteiger partial charge in [0.05, 0.1) is 19.6 Å². The zero-order valence-electron chi connectivity index (χ0n) is 12.4. The standard InChI is InChI=1S/C17H17F2NO2/c1-11(15-8-5-13(18)10-16(15)19)20-17(21)9-12-3-6-14(22-2)7-4-12/h3-8,10-11H,9H2,1-2H3,(H,20,21)/t11-/m1/s1. The normalized spacial score (nSPS) is 11.8. The van der Waals surface area contributed by atoms with Crippen molar-refractivity contribution in [3.63, 3.8) is 0 Å². The van der Waals surface area contributed by atoms with Crippen molar-refractivity contribution in [3.8, 4) is 5.75 Å². The Balaban J connectivity index is 1.98. The van der Waals surface area contributed by atoms with Gasteiger partial charge in [-0.1, -0.05) is 18.2 Å². The minimum absolute atomic E-state index is 0.178. The van der Waals surface area contributed by atoms with E-state index in [9.17, 15) is 13.6 Å². The highest BCUT2D eigenvalue weighted by Gasteiger charge is 2.14. The summed E-state index contributed by atoms with van der Waals surface area (Å²) in [7, 11) is 1.57. The second-order valence-corrected chi connectivity index (χ2v) is 4.98. The fraction of sp³-hybridized carbons (Fsp3) is 0.235. The Morgan fingerprint density at radius 3 is 2.45 bits per heavy atom. The highest BCUT2D eigenvalue weighted by Crippen LogP contribution is 2.18. The van der Waals surface area contributed by atoms with Gasteiger partial charge in [0.1, 0.15) is 17.4 Å². The van der Waals surface area contributed by atoms with E-state index in [1.165, 1.54) is 12.1 Å². The van der Waals surface area contributed by atoms with Crippen molar-refractivity contribution < 1.29 is 18.3 Å². The van der Waals surface area contributed by atoms with Crippen molar-refractivity contribution in [2.24, 2.45) is 0 Å². The first-order valence-corrected chi connectivity index (χ1v) is 6.87. The van der Waals surface area contributed by atoms with Gasteiger partial charge in [-0.3, -0.25) is 4.79 Å². The van der Waals surface area contributed by atoms with Gasteiger partial charge in [-0.25, -0.2) is 8.78 Å². The molecule has 0 unspecified atom stereocenters. The number of nitrogens with one attached hydrogen (secondary N) is 1. The minimum Gasteiger partial charge on any atom is -0.497 e. The Labute approximate surface area is 127 Å². The number of benzene rings is 2. The molecule has 5 heteroatoms. The molecule has 0 aliphatic rings. The first-order chi connectivity index (χ1) is 10.5. The first-order valence-electron chi connectivity index (χ1n) is 6.87. The van der Waals surface area contributed by atoms with Gasteiger partial charge in [-0.15, -0.1) is 0 Å². The summed E-state index contributed by atoms with van der Waals surface area (Å²) in [6, 6.07) is 9.90. The Bertz CT molecular complexity index is 656. The van der Waals surface area contributed by atoms with Gasteiger partial charge in [0, 0.05) is 11.6 Å². The average molecular weight is 305 g/mol. The third kappa shape index (κ3) is 4.04. The van der Waals surface area contributed by atoms with E-state index in [0.29, 0.717) is 5.75 Å². The Kier molecular flexibility index (Phi) is 5.09. The van der Waals surface area contributed by atoms with Crippen LogP contribution in [0.4, 0.5) is 8.78 Å². The average Bonchev–Trinajstić information content (AvgIpc) is 2.47. The molecule has 0 radical (unpaired) electrons. The number of methoxy groups -OCH3 is 1. The van der Waals surface area contributed by atoms with Crippen LogP contribution >= 0.6 is 0 Å². The Hall–Kier alpha value is -2.43. The molecule has 0 saturated heterocycles. The molecule has 1 atom stereocenters. The van der Waals surface area contributed by atoms with Crippen molar-refractivity contribution in [3.05, 3.63) is 65.2 Å². The maximum absolute atomic E-state index is 13.7. The van der Waals surface area contributed by atoms with Crippen LogP contribution in [0.2, 0.25) is 0 Å². The highest BCUT2D eigenvalue weighted by atomic mass is 19.1. The van der Waals surface area contributed by atoms with Crippen molar-refractivity contribution in [2.75, 3.05) is 7.11 Å². The molecule has 0 spiro atoms. The molecule has 2 rings (SSSR count). The molecule has 0 heterocycles. The van der Waals surface area contributed by atoms with Gasteiger partial charge < -0.3 is 10.1 Å². The molecule has 0 saturated carbocycles. The van der Waals surface area contributed by atoms with Crippen molar-refractivity contribution in [1.29, 1.82) is 0 Å². The summed E-state index contributed by atoms with van der Waals surface area (Å²) in [6.45, 7) is 1.65. The number of halogens is 2. The van der Waals surface area contributed by atoms with Crippen molar-refractivity contribution >= 4 is 5.91 Å². The number of ether oxygens (including phenoxy) is 1. The van der Waals surface area contributed by atoms with E-state index in [2.05, 4.69) is 5.32 Å². The quantitative estimate of drug-likeness (QED) is 0.919. The van der Waals surface area contributed by atoms with Gasteiger partial charge >= 0.3 is 0 Å². The minimum atomic E-state index is -0.669. The van der Waals surface area contributed by atoms with Crippen LogP contribution in [0.15, 0.2) is 42.5 Å². The number of hydrogen-bond donors (Lipinski definition) is 1. The summed E-state index contributed by atoms with van der Waals surface area (Å²) in [4.78, 5) is 12.0. The number of rotatable bonds is 5. The second-order valence-electron chi connectivity index (χ2n) is 4.98. The van der Waals surface area contributed by atoms with Gasteiger partial charge in [0.2, 0.25) is 5.91 Å². The number of carbonyl (C=O) groups excluding carboxylic acids is 1. The van der Waals surface area contributed by atoms with E-state index >= 15 is 0 Å². The van der Waals surface area contributed by atoms with Crippen LogP contribution in [0.1, 0.15) is 24.1 Å². The molecule has 0 aliphatic carbocycles. The van der Waals surface area contributed by atoms with E-state index in [0.717, 1.165) is 11.6 Å². The number of amides is 1. The summed E-state index contributed by atoms with van der Waals surface area (Å²) >= 11 is 0. The topological polar surface area (TPSA) is 38.3 Å².